The van der Waals surface area contributed by atoms with E-state index in [1.165, 1.54) is 0 Å². The molecule has 1 aromatic carbocycles. The molecule has 1 aromatic rings. The number of ether oxygens (including phenoxy) is 1. The quantitative estimate of drug-likeness (QED) is 0.785. The largest absolute Gasteiger partial charge is 0.481 e. The van der Waals surface area contributed by atoms with Crippen LogP contribution >= 0.6 is 0 Å². The standard InChI is InChI=1S/C18H25NO4/c1-18(17(21)22)10-6-11-19(14-18)16(20)9-5-12-23-13-15-7-3-2-4-8-15/h2-4,7-8H,5-6,9-14H2,1H3,(H,21,22). The number of hydrogen-bond acceptors (Lipinski definition) is 3. The molecule has 1 atom stereocenters. The van der Waals surface area contributed by atoms with Crippen molar-refractivity contribution in [3.8, 4) is 0 Å². The lowest BCUT2D eigenvalue weighted by Crippen LogP contribution is -2.48. The topological polar surface area (TPSA) is 66.8 Å². The van der Waals surface area contributed by atoms with Gasteiger partial charge in [0, 0.05) is 26.1 Å². The number of carboxylic acid groups (broad SMARTS) is 1. The Labute approximate surface area is 137 Å². The fourth-order valence-corrected chi connectivity index (χ4v) is 2.87. The van der Waals surface area contributed by atoms with Crippen LogP contribution in [-0.2, 0) is 20.9 Å². The van der Waals surface area contributed by atoms with Crippen molar-refractivity contribution in [2.24, 2.45) is 5.41 Å². The minimum atomic E-state index is -0.818. The van der Waals surface area contributed by atoms with Gasteiger partial charge in [0.1, 0.15) is 0 Å². The van der Waals surface area contributed by atoms with Gasteiger partial charge in [-0.25, -0.2) is 0 Å². The molecule has 2 rings (SSSR count). The molecule has 1 aliphatic rings. The molecule has 0 spiro atoms. The van der Waals surface area contributed by atoms with Crippen LogP contribution in [0.4, 0.5) is 0 Å². The van der Waals surface area contributed by atoms with Gasteiger partial charge >= 0.3 is 5.97 Å². The van der Waals surface area contributed by atoms with E-state index in [-0.39, 0.29) is 5.91 Å². The number of carbonyl (C=O) groups is 2. The number of aliphatic carboxylic acids is 1. The van der Waals surface area contributed by atoms with E-state index in [2.05, 4.69) is 0 Å². The Balaban J connectivity index is 1.67. The van der Waals surface area contributed by atoms with Crippen LogP contribution in [0.2, 0.25) is 0 Å². The van der Waals surface area contributed by atoms with Crippen molar-refractivity contribution in [3.63, 3.8) is 0 Å². The molecule has 1 heterocycles. The molecule has 1 saturated heterocycles. The smallest absolute Gasteiger partial charge is 0.311 e. The van der Waals surface area contributed by atoms with E-state index in [0.717, 1.165) is 12.0 Å². The van der Waals surface area contributed by atoms with Crippen molar-refractivity contribution in [3.05, 3.63) is 35.9 Å². The third kappa shape index (κ3) is 5.06. The zero-order chi connectivity index (χ0) is 16.7. The zero-order valence-corrected chi connectivity index (χ0v) is 13.7. The summed E-state index contributed by atoms with van der Waals surface area (Å²) in [4.78, 5) is 25.2. The van der Waals surface area contributed by atoms with Gasteiger partial charge in [0.25, 0.3) is 0 Å². The maximum Gasteiger partial charge on any atom is 0.311 e. The monoisotopic (exact) mass is 319 g/mol. The first-order valence-corrected chi connectivity index (χ1v) is 8.14. The zero-order valence-electron chi connectivity index (χ0n) is 13.7. The third-order valence-electron chi connectivity index (χ3n) is 4.36. The van der Waals surface area contributed by atoms with Gasteiger partial charge in [0.05, 0.1) is 12.0 Å². The average molecular weight is 319 g/mol. The summed E-state index contributed by atoms with van der Waals surface area (Å²) in [5.74, 6) is -0.790. The van der Waals surface area contributed by atoms with Crippen molar-refractivity contribution >= 4 is 11.9 Å². The van der Waals surface area contributed by atoms with Gasteiger partial charge in [-0.15, -0.1) is 0 Å². The average Bonchev–Trinajstić information content (AvgIpc) is 2.55. The highest BCUT2D eigenvalue weighted by Crippen LogP contribution is 2.30. The number of carboxylic acids is 1. The van der Waals surface area contributed by atoms with Crippen LogP contribution in [0.15, 0.2) is 30.3 Å². The van der Waals surface area contributed by atoms with Crippen molar-refractivity contribution in [1.82, 2.24) is 4.90 Å². The Hall–Kier alpha value is -1.88. The Morgan fingerprint density at radius 2 is 2.04 bits per heavy atom. The van der Waals surface area contributed by atoms with E-state index < -0.39 is 11.4 Å². The molecule has 23 heavy (non-hydrogen) atoms. The van der Waals surface area contributed by atoms with Crippen LogP contribution in [0.25, 0.3) is 0 Å². The van der Waals surface area contributed by atoms with Gasteiger partial charge in [0.2, 0.25) is 5.91 Å². The Bertz CT molecular complexity index is 531. The minimum absolute atomic E-state index is 0.0282. The number of likely N-dealkylation sites (tertiary alicyclic amines) is 1. The molecule has 0 bridgehead atoms. The second-order valence-corrected chi connectivity index (χ2v) is 6.43. The van der Waals surface area contributed by atoms with Crippen LogP contribution in [0, 0.1) is 5.41 Å². The lowest BCUT2D eigenvalue weighted by molar-refractivity contribution is -0.153. The van der Waals surface area contributed by atoms with Crippen LogP contribution in [0.3, 0.4) is 0 Å². The molecule has 1 amide bonds. The number of carbonyl (C=O) groups excluding carboxylic acids is 1. The van der Waals surface area contributed by atoms with Crippen molar-refractivity contribution in [1.29, 1.82) is 0 Å². The fraction of sp³-hybridized carbons (Fsp3) is 0.556. The molecule has 0 radical (unpaired) electrons. The molecule has 0 aromatic heterocycles. The number of hydrogen-bond donors (Lipinski definition) is 1. The summed E-state index contributed by atoms with van der Waals surface area (Å²) in [6, 6.07) is 9.92. The molecular formula is C18H25NO4. The van der Waals surface area contributed by atoms with Crippen molar-refractivity contribution in [2.75, 3.05) is 19.7 Å². The third-order valence-corrected chi connectivity index (χ3v) is 4.36. The van der Waals surface area contributed by atoms with Gasteiger partial charge in [-0.05, 0) is 31.7 Å². The highest BCUT2D eigenvalue weighted by atomic mass is 16.5. The van der Waals surface area contributed by atoms with E-state index in [1.807, 2.05) is 30.3 Å². The predicted molar refractivity (Wildman–Crippen MR) is 86.9 cm³/mol. The van der Waals surface area contributed by atoms with Gasteiger partial charge in [-0.3, -0.25) is 9.59 Å². The molecule has 1 aliphatic heterocycles. The molecule has 1 fully saturated rings. The van der Waals surface area contributed by atoms with Gasteiger partial charge in [0.15, 0.2) is 0 Å². The lowest BCUT2D eigenvalue weighted by Gasteiger charge is -2.37. The summed E-state index contributed by atoms with van der Waals surface area (Å²) in [6.07, 6.45) is 2.45. The maximum atomic E-state index is 12.2. The Morgan fingerprint density at radius 3 is 2.74 bits per heavy atom. The number of piperidine rings is 1. The number of benzene rings is 1. The van der Waals surface area contributed by atoms with Gasteiger partial charge in [-0.1, -0.05) is 30.3 Å². The normalized spacial score (nSPS) is 21.2. The molecule has 0 saturated carbocycles. The van der Waals surface area contributed by atoms with Crippen LogP contribution in [0.5, 0.6) is 0 Å². The summed E-state index contributed by atoms with van der Waals surface area (Å²) >= 11 is 0. The first-order chi connectivity index (χ1) is 11.0. The molecule has 1 N–H and O–H groups in total. The molecule has 5 nitrogen and oxygen atoms in total. The van der Waals surface area contributed by atoms with E-state index >= 15 is 0 Å². The molecule has 5 heteroatoms. The Kier molecular flexibility index (Phi) is 6.16. The number of amides is 1. The van der Waals surface area contributed by atoms with Crippen molar-refractivity contribution in [2.45, 2.75) is 39.2 Å². The SMILES string of the molecule is CC1(C(=O)O)CCCN(C(=O)CCCOCc2ccccc2)C1. The number of rotatable bonds is 7. The summed E-state index contributed by atoms with van der Waals surface area (Å²) < 4.78 is 5.57. The maximum absolute atomic E-state index is 12.2. The molecule has 1 unspecified atom stereocenters. The van der Waals surface area contributed by atoms with E-state index in [4.69, 9.17) is 4.74 Å². The predicted octanol–water partition coefficient (Wildman–Crippen LogP) is 2.70. The first-order valence-electron chi connectivity index (χ1n) is 8.14. The summed E-state index contributed by atoms with van der Waals surface area (Å²) in [6.45, 7) is 3.77. The van der Waals surface area contributed by atoms with Gasteiger partial charge in [-0.2, -0.15) is 0 Å². The van der Waals surface area contributed by atoms with Crippen LogP contribution in [0.1, 0.15) is 38.2 Å². The highest BCUT2D eigenvalue weighted by molar-refractivity contribution is 5.79. The lowest BCUT2D eigenvalue weighted by atomic mass is 9.82. The van der Waals surface area contributed by atoms with Crippen LogP contribution in [-0.4, -0.2) is 41.6 Å². The summed E-state index contributed by atoms with van der Waals surface area (Å²) in [5, 5.41) is 9.29. The van der Waals surface area contributed by atoms with E-state index in [1.54, 1.807) is 11.8 Å². The van der Waals surface area contributed by atoms with Gasteiger partial charge < -0.3 is 14.7 Å². The van der Waals surface area contributed by atoms with Crippen LogP contribution < -0.4 is 0 Å². The first kappa shape index (κ1) is 17.5. The minimum Gasteiger partial charge on any atom is -0.481 e. The number of nitrogens with zero attached hydrogens (tertiary/aromatic N) is 1. The fourth-order valence-electron chi connectivity index (χ4n) is 2.87. The molecule has 0 aliphatic carbocycles. The molecule has 126 valence electrons. The van der Waals surface area contributed by atoms with Crippen molar-refractivity contribution < 1.29 is 19.4 Å². The second kappa shape index (κ2) is 8.11. The molecular weight excluding hydrogens is 294 g/mol. The highest BCUT2D eigenvalue weighted by Gasteiger charge is 2.39. The van der Waals surface area contributed by atoms with E-state index in [9.17, 15) is 14.7 Å². The summed E-state index contributed by atoms with van der Waals surface area (Å²) in [5.41, 5.74) is 0.310. The second-order valence-electron chi connectivity index (χ2n) is 6.43. The summed E-state index contributed by atoms with van der Waals surface area (Å²) in [7, 11) is 0. The van der Waals surface area contributed by atoms with E-state index in [0.29, 0.717) is 45.6 Å². The Morgan fingerprint density at radius 1 is 1.30 bits per heavy atom.